The van der Waals surface area contributed by atoms with Crippen molar-refractivity contribution in [2.24, 2.45) is 5.92 Å². The smallest absolute Gasteiger partial charge is 0.308 e. The third-order valence-electron chi connectivity index (χ3n) is 4.03. The van der Waals surface area contributed by atoms with Crippen LogP contribution in [0.15, 0.2) is 24.3 Å². The molecule has 2 rings (SSSR count). The summed E-state index contributed by atoms with van der Waals surface area (Å²) >= 11 is 0. The number of ketones is 1. The number of carbonyl (C=O) groups is 3. The summed E-state index contributed by atoms with van der Waals surface area (Å²) < 4.78 is 0. The maximum absolute atomic E-state index is 12.5. The molecule has 0 spiro atoms. The molecule has 0 aromatic heterocycles. The van der Waals surface area contributed by atoms with Crippen molar-refractivity contribution in [1.29, 1.82) is 0 Å². The first kappa shape index (κ1) is 15.2. The van der Waals surface area contributed by atoms with Crippen LogP contribution in [0.25, 0.3) is 0 Å². The molecule has 21 heavy (non-hydrogen) atoms. The van der Waals surface area contributed by atoms with E-state index in [1.54, 1.807) is 29.2 Å². The number of aliphatic carboxylic acids is 1. The Morgan fingerprint density at radius 3 is 2.19 bits per heavy atom. The third kappa shape index (κ3) is 3.29. The van der Waals surface area contributed by atoms with E-state index in [9.17, 15) is 14.4 Å². The van der Waals surface area contributed by atoms with Gasteiger partial charge in [-0.2, -0.15) is 0 Å². The summed E-state index contributed by atoms with van der Waals surface area (Å²) in [6.45, 7) is 3.64. The molecule has 0 bridgehead atoms. The second-order valence-electron chi connectivity index (χ2n) is 5.55. The first-order valence-corrected chi connectivity index (χ1v) is 7.05. The van der Waals surface area contributed by atoms with Crippen LogP contribution in [0.1, 0.15) is 47.4 Å². The summed E-state index contributed by atoms with van der Waals surface area (Å²) in [5.74, 6) is -1.58. The van der Waals surface area contributed by atoms with Crippen LogP contribution in [0.2, 0.25) is 0 Å². The second-order valence-corrected chi connectivity index (χ2v) is 5.55. The average Bonchev–Trinajstić information content (AvgIpc) is 2.47. The molecule has 0 aliphatic carbocycles. The van der Waals surface area contributed by atoms with Crippen LogP contribution in [0, 0.1) is 5.92 Å². The molecule has 1 N–H and O–H groups in total. The van der Waals surface area contributed by atoms with E-state index in [1.165, 1.54) is 6.92 Å². The number of carbonyl (C=O) groups excluding carboxylic acids is 2. The van der Waals surface area contributed by atoms with E-state index < -0.39 is 11.9 Å². The first-order valence-electron chi connectivity index (χ1n) is 7.05. The summed E-state index contributed by atoms with van der Waals surface area (Å²) in [5, 5.41) is 9.12. The summed E-state index contributed by atoms with van der Waals surface area (Å²) in [5.41, 5.74) is 1.04. The zero-order chi connectivity index (χ0) is 15.6. The Morgan fingerprint density at radius 1 is 1.10 bits per heavy atom. The molecule has 1 aromatic rings. The zero-order valence-corrected chi connectivity index (χ0v) is 12.2. The van der Waals surface area contributed by atoms with Gasteiger partial charge in [-0.1, -0.05) is 12.1 Å². The molecule has 1 aliphatic rings. The molecule has 1 aliphatic heterocycles. The van der Waals surface area contributed by atoms with Gasteiger partial charge in [0.1, 0.15) is 0 Å². The fraction of sp³-hybridized carbons (Fsp3) is 0.438. The predicted octanol–water partition coefficient (Wildman–Crippen LogP) is 2.21. The highest BCUT2D eigenvalue weighted by molar-refractivity contribution is 5.98. The molecule has 1 fully saturated rings. The molecule has 112 valence electrons. The zero-order valence-electron chi connectivity index (χ0n) is 12.2. The number of benzene rings is 1. The number of amides is 1. The number of piperidine rings is 1. The van der Waals surface area contributed by atoms with Crippen molar-refractivity contribution in [2.75, 3.05) is 6.54 Å². The number of nitrogens with zero attached hydrogens (tertiary/aromatic N) is 1. The van der Waals surface area contributed by atoms with E-state index in [4.69, 9.17) is 5.11 Å². The van der Waals surface area contributed by atoms with Crippen LogP contribution >= 0.6 is 0 Å². The van der Waals surface area contributed by atoms with Gasteiger partial charge in [-0.05, 0) is 38.8 Å². The number of Topliss-reactive ketones (excluding diaryl/α,β-unsaturated/α-hetero) is 1. The Kier molecular flexibility index (Phi) is 4.40. The predicted molar refractivity (Wildman–Crippen MR) is 77.3 cm³/mol. The summed E-state index contributed by atoms with van der Waals surface area (Å²) in [4.78, 5) is 36.5. The number of likely N-dealkylation sites (tertiary alicyclic amines) is 1. The lowest BCUT2D eigenvalue weighted by molar-refractivity contribution is -0.143. The van der Waals surface area contributed by atoms with Gasteiger partial charge in [0.15, 0.2) is 5.78 Å². The van der Waals surface area contributed by atoms with Crippen molar-refractivity contribution in [3.63, 3.8) is 0 Å². The summed E-state index contributed by atoms with van der Waals surface area (Å²) in [7, 11) is 0. The van der Waals surface area contributed by atoms with Crippen molar-refractivity contribution in [1.82, 2.24) is 4.90 Å². The van der Waals surface area contributed by atoms with Crippen LogP contribution < -0.4 is 0 Å². The van der Waals surface area contributed by atoms with Crippen LogP contribution in [0.4, 0.5) is 0 Å². The molecule has 1 heterocycles. The minimum absolute atomic E-state index is 0.0283. The fourth-order valence-corrected chi connectivity index (χ4v) is 2.60. The molecule has 1 amide bonds. The molecule has 5 heteroatoms. The van der Waals surface area contributed by atoms with Gasteiger partial charge < -0.3 is 10.0 Å². The van der Waals surface area contributed by atoms with Crippen LogP contribution in [0.3, 0.4) is 0 Å². The van der Waals surface area contributed by atoms with Gasteiger partial charge in [0.2, 0.25) is 0 Å². The second kappa shape index (κ2) is 6.08. The van der Waals surface area contributed by atoms with Gasteiger partial charge in [0.25, 0.3) is 5.91 Å². The normalized spacial score (nSPS) is 21.9. The molecule has 0 radical (unpaired) electrons. The lowest BCUT2D eigenvalue weighted by atomic mass is 9.93. The van der Waals surface area contributed by atoms with Crippen LogP contribution in [-0.2, 0) is 4.79 Å². The highest BCUT2D eigenvalue weighted by atomic mass is 16.4. The van der Waals surface area contributed by atoms with Gasteiger partial charge in [-0.25, -0.2) is 0 Å². The summed E-state index contributed by atoms with van der Waals surface area (Å²) in [6.07, 6.45) is 1.29. The van der Waals surface area contributed by atoms with Crippen molar-refractivity contribution in [2.45, 2.75) is 32.7 Å². The largest absolute Gasteiger partial charge is 0.481 e. The van der Waals surface area contributed by atoms with Gasteiger partial charge in [0, 0.05) is 23.7 Å². The number of carboxylic acid groups (broad SMARTS) is 1. The van der Waals surface area contributed by atoms with Crippen LogP contribution in [0.5, 0.6) is 0 Å². The van der Waals surface area contributed by atoms with E-state index >= 15 is 0 Å². The third-order valence-corrected chi connectivity index (χ3v) is 4.03. The molecule has 5 nitrogen and oxygen atoms in total. The quantitative estimate of drug-likeness (QED) is 0.866. The average molecular weight is 289 g/mol. The topological polar surface area (TPSA) is 74.7 Å². The van der Waals surface area contributed by atoms with Gasteiger partial charge in [-0.15, -0.1) is 0 Å². The Morgan fingerprint density at radius 2 is 1.67 bits per heavy atom. The highest BCUT2D eigenvalue weighted by Crippen LogP contribution is 2.24. The maximum atomic E-state index is 12.5. The Hall–Kier alpha value is -2.17. The molecule has 1 saturated heterocycles. The lowest BCUT2D eigenvalue weighted by Gasteiger charge is -2.36. The lowest BCUT2D eigenvalue weighted by Crippen LogP contribution is -2.47. The van der Waals surface area contributed by atoms with Gasteiger partial charge >= 0.3 is 5.97 Å². The molecule has 2 atom stereocenters. The van der Waals surface area contributed by atoms with Gasteiger partial charge in [0.05, 0.1) is 5.92 Å². The Bertz CT molecular complexity index is 564. The molecular weight excluding hydrogens is 270 g/mol. The minimum atomic E-state index is -0.855. The minimum Gasteiger partial charge on any atom is -0.481 e. The van der Waals surface area contributed by atoms with Crippen LogP contribution in [-0.4, -0.2) is 40.3 Å². The number of rotatable bonds is 3. The van der Waals surface area contributed by atoms with E-state index in [0.717, 1.165) is 0 Å². The number of hydrogen-bond donors (Lipinski definition) is 1. The van der Waals surface area contributed by atoms with E-state index in [2.05, 4.69) is 0 Å². The maximum Gasteiger partial charge on any atom is 0.308 e. The van der Waals surface area contributed by atoms with E-state index in [1.807, 2.05) is 6.92 Å². The monoisotopic (exact) mass is 289 g/mol. The Labute approximate surface area is 123 Å². The SMILES string of the molecule is CC(=O)c1ccc(C(=O)N2CC(C(=O)O)CCC2C)cc1. The Balaban J connectivity index is 2.17. The number of carboxylic acids is 1. The fourth-order valence-electron chi connectivity index (χ4n) is 2.60. The van der Waals surface area contributed by atoms with E-state index in [-0.39, 0.29) is 24.3 Å². The molecule has 1 aromatic carbocycles. The standard InChI is InChI=1S/C16H19NO4/c1-10-3-4-14(16(20)21)9-17(10)15(19)13-7-5-12(6-8-13)11(2)18/h5-8,10,14H,3-4,9H2,1-2H3,(H,20,21). The van der Waals surface area contributed by atoms with Crippen molar-refractivity contribution >= 4 is 17.7 Å². The number of hydrogen-bond acceptors (Lipinski definition) is 3. The van der Waals surface area contributed by atoms with Crippen molar-refractivity contribution in [3.8, 4) is 0 Å². The molecule has 0 saturated carbocycles. The van der Waals surface area contributed by atoms with Crippen molar-refractivity contribution < 1.29 is 19.5 Å². The highest BCUT2D eigenvalue weighted by Gasteiger charge is 2.32. The first-order chi connectivity index (χ1) is 9.90. The molecular formula is C16H19NO4. The van der Waals surface area contributed by atoms with Gasteiger partial charge in [-0.3, -0.25) is 14.4 Å². The molecule has 2 unspecified atom stereocenters. The van der Waals surface area contributed by atoms with E-state index in [0.29, 0.717) is 24.0 Å². The van der Waals surface area contributed by atoms with Crippen molar-refractivity contribution in [3.05, 3.63) is 35.4 Å². The summed E-state index contributed by atoms with van der Waals surface area (Å²) in [6, 6.07) is 6.52.